The van der Waals surface area contributed by atoms with E-state index in [0.29, 0.717) is 0 Å². The highest BCUT2D eigenvalue weighted by atomic mass is 19.4. The van der Waals surface area contributed by atoms with Gasteiger partial charge < -0.3 is 10.2 Å². The van der Waals surface area contributed by atoms with Gasteiger partial charge in [-0.1, -0.05) is 0 Å². The van der Waals surface area contributed by atoms with Gasteiger partial charge in [0.2, 0.25) is 0 Å². The molecule has 0 saturated carbocycles. The van der Waals surface area contributed by atoms with Gasteiger partial charge in [-0.05, 0) is 18.2 Å². The molecule has 0 atom stereocenters. The number of phenols is 1. The molecular formula is C19H5F25O3. The third kappa shape index (κ3) is 5.03. The molecule has 274 valence electrons. The van der Waals surface area contributed by atoms with Gasteiger partial charge in [0.25, 0.3) is 0 Å². The Bertz CT molecular complexity index is 1360. The first kappa shape index (κ1) is 41.8. The summed E-state index contributed by atoms with van der Waals surface area (Å²) in [5, 5.41) is 17.7. The Hall–Kier alpha value is -3.26. The van der Waals surface area contributed by atoms with Crippen LogP contribution < -0.4 is 0 Å². The van der Waals surface area contributed by atoms with Gasteiger partial charge in [-0.3, -0.25) is 0 Å². The number of hydrogen-bond acceptors (Lipinski definition) is 2. The maximum Gasteiger partial charge on any atom is 0.460 e. The molecule has 28 heteroatoms. The van der Waals surface area contributed by atoms with Gasteiger partial charge in [0.05, 0.1) is 5.56 Å². The van der Waals surface area contributed by atoms with Crippen molar-refractivity contribution in [3.8, 4) is 5.75 Å². The summed E-state index contributed by atoms with van der Waals surface area (Å²) in [6.45, 7) is 0. The van der Waals surface area contributed by atoms with Crippen LogP contribution in [-0.4, -0.2) is 81.6 Å². The highest BCUT2D eigenvalue weighted by Crippen LogP contribution is 2.68. The largest absolute Gasteiger partial charge is 0.508 e. The maximum atomic E-state index is 14.4. The van der Waals surface area contributed by atoms with Crippen molar-refractivity contribution >= 4 is 5.97 Å². The number of halogens is 25. The lowest BCUT2D eigenvalue weighted by atomic mass is 9.83. The van der Waals surface area contributed by atoms with Crippen molar-refractivity contribution in [3.63, 3.8) is 0 Å². The van der Waals surface area contributed by atoms with E-state index in [2.05, 4.69) is 0 Å². The van der Waals surface area contributed by atoms with E-state index >= 15 is 0 Å². The van der Waals surface area contributed by atoms with Crippen molar-refractivity contribution in [1.29, 1.82) is 0 Å². The summed E-state index contributed by atoms with van der Waals surface area (Å²) < 4.78 is 339. The van der Waals surface area contributed by atoms with E-state index in [1.165, 1.54) is 0 Å². The monoisotopic (exact) mass is 756 g/mol. The zero-order valence-corrected chi connectivity index (χ0v) is 20.5. The van der Waals surface area contributed by atoms with E-state index in [1.807, 2.05) is 0 Å². The van der Waals surface area contributed by atoms with Crippen molar-refractivity contribution < 1.29 is 125 Å². The highest BCUT2D eigenvalue weighted by molar-refractivity contribution is 5.90. The molecule has 0 aliphatic heterocycles. The fraction of sp³-hybridized carbons (Fsp3) is 0.632. The molecule has 0 radical (unpaired) electrons. The SMILES string of the molecule is O=C(O)c1ccc(O)cc1C(F)(F)C(F)(F)C(F)(F)C(F)(F)C(F)(F)C(F)(F)C(F)(F)C(F)(F)C(F)(F)C(F)(F)C(F)(F)C(F)(F)F. The average Bonchev–Trinajstić information content (AvgIpc) is 2.86. The molecule has 0 aliphatic rings. The Morgan fingerprint density at radius 1 is 0.426 bits per heavy atom. The predicted octanol–water partition coefficient (Wildman–Crippen LogP) is 9.10. The van der Waals surface area contributed by atoms with E-state index < -0.39 is 106 Å². The van der Waals surface area contributed by atoms with Crippen molar-refractivity contribution in [3.05, 3.63) is 29.3 Å². The molecule has 0 heterocycles. The molecule has 1 aromatic carbocycles. The molecule has 0 saturated heterocycles. The minimum atomic E-state index is -9.72. The Morgan fingerprint density at radius 3 is 0.936 bits per heavy atom. The van der Waals surface area contributed by atoms with Crippen molar-refractivity contribution in [2.45, 2.75) is 71.3 Å². The van der Waals surface area contributed by atoms with Crippen LogP contribution in [0.5, 0.6) is 5.75 Å². The molecule has 2 N–H and O–H groups in total. The summed E-state index contributed by atoms with van der Waals surface area (Å²) in [7, 11) is 0. The molecular weight excluding hydrogens is 751 g/mol. The van der Waals surface area contributed by atoms with Gasteiger partial charge in [-0.15, -0.1) is 0 Å². The highest BCUT2D eigenvalue weighted by Gasteiger charge is 2.99. The van der Waals surface area contributed by atoms with Crippen molar-refractivity contribution in [1.82, 2.24) is 0 Å². The molecule has 3 nitrogen and oxygen atoms in total. The standard InChI is InChI=1S/C19H5F25O3/c20-8(21,6-3-4(45)1-2-5(6)7(46)47)9(22,23)10(24,25)11(26,27)12(28,29)13(30,31)14(32,33)15(34,35)16(36,37)17(38,39)18(40,41)19(42,43)44/h1-3,45H,(H,46,47). The number of carboxylic acid groups (broad SMARTS) is 1. The van der Waals surface area contributed by atoms with Crippen LogP contribution in [0.3, 0.4) is 0 Å². The summed E-state index contributed by atoms with van der Waals surface area (Å²) in [5.41, 5.74) is -5.68. The van der Waals surface area contributed by atoms with E-state index in [9.17, 15) is 115 Å². The van der Waals surface area contributed by atoms with Gasteiger partial charge >= 0.3 is 77.3 Å². The van der Waals surface area contributed by atoms with Crippen LogP contribution in [0.4, 0.5) is 110 Å². The van der Waals surface area contributed by atoms with E-state index in [-0.39, 0.29) is 6.07 Å². The van der Waals surface area contributed by atoms with Gasteiger partial charge in [0.15, 0.2) is 0 Å². The minimum Gasteiger partial charge on any atom is -0.508 e. The van der Waals surface area contributed by atoms with E-state index in [1.54, 1.807) is 0 Å². The van der Waals surface area contributed by atoms with Crippen LogP contribution in [0.15, 0.2) is 18.2 Å². The molecule has 1 aromatic rings. The Kier molecular flexibility index (Phi) is 9.44. The van der Waals surface area contributed by atoms with Crippen LogP contribution in [0, 0.1) is 0 Å². The third-order valence-electron chi connectivity index (χ3n) is 5.87. The molecule has 0 bridgehead atoms. The maximum absolute atomic E-state index is 14.4. The second-order valence-corrected chi connectivity index (χ2v) is 8.85. The topological polar surface area (TPSA) is 57.5 Å². The van der Waals surface area contributed by atoms with Gasteiger partial charge in [0.1, 0.15) is 5.75 Å². The molecule has 0 spiro atoms. The molecule has 0 amide bonds. The first-order valence-electron chi connectivity index (χ1n) is 10.4. The lowest BCUT2D eigenvalue weighted by molar-refractivity contribution is -0.482. The van der Waals surface area contributed by atoms with Crippen LogP contribution in [0.25, 0.3) is 0 Å². The zero-order chi connectivity index (χ0) is 38.4. The van der Waals surface area contributed by atoms with Crippen molar-refractivity contribution in [2.24, 2.45) is 0 Å². The number of aromatic carboxylic acids is 1. The molecule has 47 heavy (non-hydrogen) atoms. The molecule has 0 fully saturated rings. The molecule has 0 aliphatic carbocycles. The lowest BCUT2D eigenvalue weighted by Gasteiger charge is -2.45. The molecule has 0 unspecified atom stereocenters. The average molecular weight is 756 g/mol. The quantitative estimate of drug-likeness (QED) is 0.210. The number of benzene rings is 1. The summed E-state index contributed by atoms with van der Waals surface area (Å²) in [4.78, 5) is 10.9. The number of hydrogen-bond donors (Lipinski definition) is 2. The number of phenolic OH excluding ortho intramolecular Hbond substituents is 1. The number of carboxylic acids is 1. The number of aromatic hydroxyl groups is 1. The van der Waals surface area contributed by atoms with Crippen LogP contribution in [0.1, 0.15) is 15.9 Å². The third-order valence-corrected chi connectivity index (χ3v) is 5.87. The first-order chi connectivity index (χ1) is 20.1. The summed E-state index contributed by atoms with van der Waals surface area (Å²) in [6, 6.07) is -1.43. The van der Waals surface area contributed by atoms with E-state index in [0.717, 1.165) is 0 Å². The van der Waals surface area contributed by atoms with Crippen molar-refractivity contribution in [2.75, 3.05) is 0 Å². The van der Waals surface area contributed by atoms with Crippen LogP contribution in [-0.2, 0) is 5.92 Å². The Morgan fingerprint density at radius 2 is 0.681 bits per heavy atom. The Labute approximate surface area is 238 Å². The Balaban J connectivity index is 4.01. The smallest absolute Gasteiger partial charge is 0.460 e. The summed E-state index contributed by atoms with van der Waals surface area (Å²) in [6.07, 6.45) is -8.22. The predicted molar refractivity (Wildman–Crippen MR) is 94.5 cm³/mol. The lowest BCUT2D eigenvalue weighted by Crippen LogP contribution is -2.78. The number of carbonyl (C=O) groups is 1. The van der Waals surface area contributed by atoms with Gasteiger partial charge in [-0.2, -0.15) is 110 Å². The van der Waals surface area contributed by atoms with Crippen LogP contribution in [0.2, 0.25) is 0 Å². The summed E-state index contributed by atoms with van der Waals surface area (Å²) in [5.74, 6) is -105. The molecule has 1 rings (SSSR count). The van der Waals surface area contributed by atoms with Crippen LogP contribution >= 0.6 is 0 Å². The minimum absolute atomic E-state index is 0.0330. The second kappa shape index (κ2) is 10.6. The van der Waals surface area contributed by atoms with Gasteiger partial charge in [0, 0.05) is 5.56 Å². The molecule has 0 aromatic heterocycles. The zero-order valence-electron chi connectivity index (χ0n) is 20.5. The summed E-state index contributed by atoms with van der Waals surface area (Å²) >= 11 is 0. The van der Waals surface area contributed by atoms with E-state index in [4.69, 9.17) is 10.2 Å². The first-order valence-corrected chi connectivity index (χ1v) is 10.4. The fourth-order valence-electron chi connectivity index (χ4n) is 3.10. The normalized spacial score (nSPS) is 16.0. The van der Waals surface area contributed by atoms with Gasteiger partial charge in [-0.25, -0.2) is 4.79 Å². The number of alkyl halides is 25. The number of rotatable bonds is 12. The second-order valence-electron chi connectivity index (χ2n) is 8.85. The fourth-order valence-corrected chi connectivity index (χ4v) is 3.10.